The highest BCUT2D eigenvalue weighted by molar-refractivity contribution is 5.73. The van der Waals surface area contributed by atoms with E-state index in [9.17, 15) is 9.18 Å². The minimum atomic E-state index is -0.323. The van der Waals surface area contributed by atoms with Crippen molar-refractivity contribution in [3.63, 3.8) is 0 Å². The number of ether oxygens (including phenoxy) is 1. The van der Waals surface area contributed by atoms with E-state index in [4.69, 9.17) is 9.15 Å². The third-order valence-electron chi connectivity index (χ3n) is 5.45. The summed E-state index contributed by atoms with van der Waals surface area (Å²) in [7, 11) is 0. The van der Waals surface area contributed by atoms with Crippen molar-refractivity contribution in [1.82, 2.24) is 20.5 Å². The van der Waals surface area contributed by atoms with Crippen molar-refractivity contribution >= 4 is 6.03 Å². The second-order valence-electron chi connectivity index (χ2n) is 7.75. The Balaban J connectivity index is 1.25. The Morgan fingerprint density at radius 2 is 1.91 bits per heavy atom. The summed E-state index contributed by atoms with van der Waals surface area (Å²) in [6.07, 6.45) is 6.88. The molecule has 1 unspecified atom stereocenters. The van der Waals surface area contributed by atoms with E-state index in [0.717, 1.165) is 37.3 Å². The molecule has 1 aliphatic heterocycles. The van der Waals surface area contributed by atoms with Crippen LogP contribution in [0.25, 0.3) is 0 Å². The van der Waals surface area contributed by atoms with Crippen LogP contribution in [0.1, 0.15) is 36.6 Å². The van der Waals surface area contributed by atoms with E-state index in [1.54, 1.807) is 18.5 Å². The molecule has 3 heterocycles. The van der Waals surface area contributed by atoms with Crippen molar-refractivity contribution in [3.8, 4) is 11.6 Å². The van der Waals surface area contributed by atoms with Gasteiger partial charge in [-0.15, -0.1) is 0 Å². The lowest BCUT2D eigenvalue weighted by atomic mass is 10.1. The molecule has 2 N–H and O–H groups in total. The fourth-order valence-corrected chi connectivity index (χ4v) is 3.75. The number of pyridine rings is 1. The Hall–Kier alpha value is -3.39. The van der Waals surface area contributed by atoms with Gasteiger partial charge in [-0.3, -0.25) is 4.90 Å². The molecule has 0 aliphatic carbocycles. The van der Waals surface area contributed by atoms with E-state index in [-0.39, 0.29) is 17.9 Å². The molecular formula is C24H27FN4O3. The molecule has 0 bridgehead atoms. The molecule has 1 saturated heterocycles. The highest BCUT2D eigenvalue weighted by atomic mass is 19.1. The highest BCUT2D eigenvalue weighted by Gasteiger charge is 2.24. The number of nitrogens with zero attached hydrogens (tertiary/aromatic N) is 2. The Bertz CT molecular complexity index is 971. The number of nitrogens with one attached hydrogen (secondary N) is 2. The minimum Gasteiger partial charge on any atom is -0.468 e. The van der Waals surface area contributed by atoms with Crippen LogP contribution in [0.15, 0.2) is 65.4 Å². The van der Waals surface area contributed by atoms with Crippen molar-refractivity contribution in [1.29, 1.82) is 0 Å². The van der Waals surface area contributed by atoms with Crippen LogP contribution in [0.3, 0.4) is 0 Å². The van der Waals surface area contributed by atoms with Crippen LogP contribution < -0.4 is 15.4 Å². The predicted molar refractivity (Wildman–Crippen MR) is 118 cm³/mol. The van der Waals surface area contributed by atoms with Gasteiger partial charge >= 0.3 is 6.03 Å². The van der Waals surface area contributed by atoms with Crippen molar-refractivity contribution in [3.05, 3.63) is 78.1 Å². The predicted octanol–water partition coefficient (Wildman–Crippen LogP) is 4.63. The van der Waals surface area contributed by atoms with Gasteiger partial charge in [0.2, 0.25) is 5.88 Å². The van der Waals surface area contributed by atoms with E-state index in [1.165, 1.54) is 30.7 Å². The van der Waals surface area contributed by atoms with Crippen LogP contribution in [0, 0.1) is 5.82 Å². The van der Waals surface area contributed by atoms with Gasteiger partial charge in [0.25, 0.3) is 0 Å². The molecule has 0 saturated carbocycles. The maximum Gasteiger partial charge on any atom is 0.315 e. The average Bonchev–Trinajstić information content (AvgIpc) is 3.36. The maximum absolute atomic E-state index is 13.0. The fourth-order valence-electron chi connectivity index (χ4n) is 3.75. The van der Waals surface area contributed by atoms with Gasteiger partial charge in [-0.25, -0.2) is 14.2 Å². The summed E-state index contributed by atoms with van der Waals surface area (Å²) in [5.74, 6) is 1.45. The summed E-state index contributed by atoms with van der Waals surface area (Å²) >= 11 is 0. The van der Waals surface area contributed by atoms with Gasteiger partial charge < -0.3 is 19.8 Å². The molecule has 1 aliphatic rings. The molecule has 2 amide bonds. The molecule has 2 aromatic heterocycles. The molecule has 168 valence electrons. The molecular weight excluding hydrogens is 411 g/mol. The second kappa shape index (κ2) is 10.8. The zero-order valence-electron chi connectivity index (χ0n) is 17.8. The Morgan fingerprint density at radius 3 is 2.59 bits per heavy atom. The topological polar surface area (TPSA) is 79.6 Å². The van der Waals surface area contributed by atoms with Crippen LogP contribution in [-0.2, 0) is 6.54 Å². The van der Waals surface area contributed by atoms with Gasteiger partial charge in [0.05, 0.1) is 12.3 Å². The highest BCUT2D eigenvalue weighted by Crippen LogP contribution is 2.24. The number of furan rings is 1. The Labute approximate surface area is 186 Å². The van der Waals surface area contributed by atoms with Gasteiger partial charge in [0, 0.05) is 25.4 Å². The first-order valence-corrected chi connectivity index (χ1v) is 10.8. The number of carbonyl (C=O) groups excluding carboxylic acids is 1. The number of likely N-dealkylation sites (tertiary alicyclic amines) is 1. The van der Waals surface area contributed by atoms with E-state index >= 15 is 0 Å². The van der Waals surface area contributed by atoms with Crippen LogP contribution in [0.4, 0.5) is 9.18 Å². The van der Waals surface area contributed by atoms with Gasteiger partial charge in [0.1, 0.15) is 17.3 Å². The van der Waals surface area contributed by atoms with Gasteiger partial charge in [-0.2, -0.15) is 0 Å². The van der Waals surface area contributed by atoms with E-state index in [2.05, 4.69) is 20.5 Å². The summed E-state index contributed by atoms with van der Waals surface area (Å²) in [5.41, 5.74) is 0.838. The molecule has 7 nitrogen and oxygen atoms in total. The van der Waals surface area contributed by atoms with Crippen LogP contribution >= 0.6 is 0 Å². The normalized spacial score (nSPS) is 15.2. The Morgan fingerprint density at radius 1 is 1.09 bits per heavy atom. The lowest BCUT2D eigenvalue weighted by molar-refractivity contribution is 0.143. The number of rotatable bonds is 8. The van der Waals surface area contributed by atoms with Crippen LogP contribution in [0.2, 0.25) is 0 Å². The van der Waals surface area contributed by atoms with Crippen molar-refractivity contribution < 1.29 is 18.3 Å². The second-order valence-corrected chi connectivity index (χ2v) is 7.75. The minimum absolute atomic E-state index is 0.0283. The number of carbonyl (C=O) groups is 1. The number of hydrogen-bond donors (Lipinski definition) is 2. The molecule has 32 heavy (non-hydrogen) atoms. The number of benzene rings is 1. The van der Waals surface area contributed by atoms with Crippen LogP contribution in [0.5, 0.6) is 11.6 Å². The summed E-state index contributed by atoms with van der Waals surface area (Å²) in [4.78, 5) is 19.0. The average molecular weight is 439 g/mol. The molecule has 4 rings (SSSR count). The summed E-state index contributed by atoms with van der Waals surface area (Å²) in [6.45, 7) is 2.83. The number of piperidine rings is 1. The molecule has 1 atom stereocenters. The van der Waals surface area contributed by atoms with Gasteiger partial charge in [0.15, 0.2) is 0 Å². The first-order chi connectivity index (χ1) is 15.7. The summed E-state index contributed by atoms with van der Waals surface area (Å²) in [6, 6.07) is 12.9. The molecule has 0 radical (unpaired) electrons. The summed E-state index contributed by atoms with van der Waals surface area (Å²) < 4.78 is 24.2. The number of hydrogen-bond acceptors (Lipinski definition) is 5. The third-order valence-corrected chi connectivity index (χ3v) is 5.45. The largest absolute Gasteiger partial charge is 0.468 e. The van der Waals surface area contributed by atoms with Crippen LogP contribution in [-0.4, -0.2) is 35.5 Å². The van der Waals surface area contributed by atoms with Crippen molar-refractivity contribution in [2.24, 2.45) is 0 Å². The van der Waals surface area contributed by atoms with Gasteiger partial charge in [-0.1, -0.05) is 12.5 Å². The molecule has 8 heteroatoms. The molecule has 1 aromatic carbocycles. The number of amides is 2. The van der Waals surface area contributed by atoms with Gasteiger partial charge in [-0.05, 0) is 67.9 Å². The van der Waals surface area contributed by atoms with Crippen molar-refractivity contribution in [2.45, 2.75) is 31.8 Å². The fraction of sp³-hybridized carbons (Fsp3) is 0.333. The van der Waals surface area contributed by atoms with E-state index < -0.39 is 0 Å². The maximum atomic E-state index is 13.0. The number of aromatic nitrogens is 1. The summed E-state index contributed by atoms with van der Waals surface area (Å²) in [5, 5.41) is 5.82. The SMILES string of the molecule is O=C(NCc1ccc(Oc2ccc(F)cc2)nc1)NCC(c1ccco1)N1CCCCC1. The number of urea groups is 1. The van der Waals surface area contributed by atoms with E-state index in [1.807, 2.05) is 18.2 Å². The standard InChI is InChI=1S/C24H27FN4O3/c25-19-7-9-20(10-8-19)32-23-11-6-18(15-26-23)16-27-24(30)28-17-21(22-5-4-14-31-22)29-12-2-1-3-13-29/h4-11,14-15,21H,1-3,12-13,16-17H2,(H2,27,28,30). The molecule has 1 fully saturated rings. The lowest BCUT2D eigenvalue weighted by Gasteiger charge is -2.33. The monoisotopic (exact) mass is 438 g/mol. The third kappa shape index (κ3) is 6.07. The quantitative estimate of drug-likeness (QED) is 0.536. The zero-order chi connectivity index (χ0) is 22.2. The molecule has 3 aromatic rings. The Kier molecular flexibility index (Phi) is 7.34. The first kappa shape index (κ1) is 21.8. The van der Waals surface area contributed by atoms with E-state index in [0.29, 0.717) is 24.7 Å². The lowest BCUT2D eigenvalue weighted by Crippen LogP contribution is -2.43. The number of halogens is 1. The zero-order valence-corrected chi connectivity index (χ0v) is 17.8. The first-order valence-electron chi connectivity index (χ1n) is 10.8. The molecule has 0 spiro atoms. The smallest absolute Gasteiger partial charge is 0.315 e. The van der Waals surface area contributed by atoms with Crippen molar-refractivity contribution in [2.75, 3.05) is 19.6 Å².